The second-order valence-corrected chi connectivity index (χ2v) is 7.05. The van der Waals surface area contributed by atoms with Crippen LogP contribution in [-0.2, 0) is 0 Å². The summed E-state index contributed by atoms with van der Waals surface area (Å²) in [6.45, 7) is 2.20. The molecule has 3 rings (SSSR count). The number of halogens is 1. The van der Waals surface area contributed by atoms with E-state index >= 15 is 0 Å². The van der Waals surface area contributed by atoms with Crippen LogP contribution in [-0.4, -0.2) is 30.3 Å². The van der Waals surface area contributed by atoms with Crippen LogP contribution in [0, 0.1) is 0 Å². The van der Waals surface area contributed by atoms with E-state index in [-0.39, 0.29) is 6.10 Å². The number of aliphatic hydroxyl groups excluding tert-OH is 1. The molecule has 2 aliphatic rings. The first-order chi connectivity index (χ1) is 9.60. The summed E-state index contributed by atoms with van der Waals surface area (Å²) in [7, 11) is 2.01. The van der Waals surface area contributed by atoms with E-state index in [4.69, 9.17) is 0 Å². The summed E-state index contributed by atoms with van der Waals surface area (Å²) in [4.78, 5) is 2.57. The monoisotopic (exact) mass is 338 g/mol. The lowest BCUT2D eigenvalue weighted by molar-refractivity contribution is 0.126. The summed E-state index contributed by atoms with van der Waals surface area (Å²) in [6, 6.07) is 7.91. The molecule has 3 unspecified atom stereocenters. The van der Waals surface area contributed by atoms with Crippen molar-refractivity contribution < 1.29 is 5.11 Å². The highest BCUT2D eigenvalue weighted by Crippen LogP contribution is 2.42. The van der Waals surface area contributed by atoms with Crippen molar-refractivity contribution >= 4 is 21.6 Å². The van der Waals surface area contributed by atoms with Crippen molar-refractivity contribution in [2.75, 3.05) is 11.9 Å². The van der Waals surface area contributed by atoms with Crippen LogP contribution in [0.25, 0.3) is 0 Å². The summed E-state index contributed by atoms with van der Waals surface area (Å²) in [5.41, 5.74) is 2.68. The average Bonchev–Trinajstić information content (AvgIpc) is 2.70. The molecule has 1 aromatic carbocycles. The maximum Gasteiger partial charge on any atom is 0.0579 e. The first-order valence-corrected chi connectivity index (χ1v) is 8.32. The molecule has 2 bridgehead atoms. The molecule has 110 valence electrons. The van der Waals surface area contributed by atoms with Crippen molar-refractivity contribution in [2.45, 2.75) is 56.8 Å². The number of piperidine rings is 1. The third-order valence-electron chi connectivity index (χ3n) is 4.88. The van der Waals surface area contributed by atoms with Crippen molar-refractivity contribution in [3.05, 3.63) is 28.2 Å². The lowest BCUT2D eigenvalue weighted by Gasteiger charge is -2.40. The molecule has 2 N–H and O–H groups in total. The molecule has 0 aromatic heterocycles. The molecule has 4 heteroatoms. The lowest BCUT2D eigenvalue weighted by Crippen LogP contribution is -2.45. The van der Waals surface area contributed by atoms with Crippen LogP contribution in [0.15, 0.2) is 22.7 Å². The minimum Gasteiger partial charge on any atom is -0.393 e. The molecule has 3 atom stereocenters. The first-order valence-electron chi connectivity index (χ1n) is 7.53. The van der Waals surface area contributed by atoms with Gasteiger partial charge in [0.1, 0.15) is 0 Å². The Hall–Kier alpha value is -0.580. The predicted octanol–water partition coefficient (Wildman–Crippen LogP) is 3.22. The molecule has 2 heterocycles. The Morgan fingerprint density at radius 1 is 1.30 bits per heavy atom. The summed E-state index contributed by atoms with van der Waals surface area (Å²) in [5.74, 6) is 0. The van der Waals surface area contributed by atoms with Gasteiger partial charge in [-0.2, -0.15) is 0 Å². The molecule has 0 amide bonds. The van der Waals surface area contributed by atoms with Gasteiger partial charge in [-0.05, 0) is 57.4 Å². The Morgan fingerprint density at radius 2 is 1.95 bits per heavy atom. The van der Waals surface area contributed by atoms with Gasteiger partial charge in [0.05, 0.1) is 6.10 Å². The number of hydrogen-bond donors (Lipinski definition) is 2. The fraction of sp³-hybridized carbons (Fsp3) is 0.625. The zero-order valence-electron chi connectivity index (χ0n) is 12.1. The average molecular weight is 339 g/mol. The summed E-state index contributed by atoms with van der Waals surface area (Å²) >= 11 is 3.61. The number of nitrogens with zero attached hydrogens (tertiary/aromatic N) is 1. The van der Waals surface area contributed by atoms with Crippen LogP contribution in [0.1, 0.15) is 44.2 Å². The number of anilines is 1. The van der Waals surface area contributed by atoms with Gasteiger partial charge in [0.2, 0.25) is 0 Å². The Bertz CT molecular complexity index is 479. The maximum atomic E-state index is 9.99. The van der Waals surface area contributed by atoms with Crippen molar-refractivity contribution in [1.82, 2.24) is 5.32 Å². The second kappa shape index (κ2) is 5.66. The molecule has 2 aliphatic heterocycles. The number of aliphatic hydroxyl groups is 1. The van der Waals surface area contributed by atoms with E-state index in [0.29, 0.717) is 18.1 Å². The van der Waals surface area contributed by atoms with Crippen molar-refractivity contribution in [2.24, 2.45) is 0 Å². The highest BCUT2D eigenvalue weighted by molar-refractivity contribution is 9.10. The lowest BCUT2D eigenvalue weighted by atomic mass is 9.96. The van der Waals surface area contributed by atoms with Crippen LogP contribution >= 0.6 is 15.9 Å². The van der Waals surface area contributed by atoms with Gasteiger partial charge < -0.3 is 15.3 Å². The van der Waals surface area contributed by atoms with Gasteiger partial charge in [-0.3, -0.25) is 0 Å². The van der Waals surface area contributed by atoms with Gasteiger partial charge in [0.15, 0.2) is 0 Å². The molecular formula is C16H23BrN2O. The quantitative estimate of drug-likeness (QED) is 0.888. The first kappa shape index (κ1) is 14.4. The van der Waals surface area contributed by atoms with E-state index in [1.54, 1.807) is 0 Å². The number of rotatable bonds is 3. The number of nitrogens with one attached hydrogen (secondary N) is 1. The Morgan fingerprint density at radius 3 is 2.55 bits per heavy atom. The Balaban J connectivity index is 1.99. The van der Waals surface area contributed by atoms with Crippen LogP contribution < -0.4 is 10.2 Å². The minimum atomic E-state index is -0.110. The Labute approximate surface area is 129 Å². The largest absolute Gasteiger partial charge is 0.393 e. The highest BCUT2D eigenvalue weighted by atomic mass is 79.9. The fourth-order valence-electron chi connectivity index (χ4n) is 3.80. The molecule has 0 radical (unpaired) electrons. The molecular weight excluding hydrogens is 316 g/mol. The number of fused-ring (bicyclic) bond motifs is 2. The van der Waals surface area contributed by atoms with Crippen molar-refractivity contribution in [1.29, 1.82) is 0 Å². The normalized spacial score (nSPS) is 30.6. The van der Waals surface area contributed by atoms with Crippen LogP contribution in [0.5, 0.6) is 0 Å². The van der Waals surface area contributed by atoms with Gasteiger partial charge in [-0.15, -0.1) is 0 Å². The van der Waals surface area contributed by atoms with Crippen molar-refractivity contribution in [3.63, 3.8) is 0 Å². The maximum absolute atomic E-state index is 9.99. The van der Waals surface area contributed by atoms with Gasteiger partial charge in [0, 0.05) is 28.3 Å². The SMILES string of the molecule is CNC(C)c1ccc(Br)cc1N1C2CCC1CC(O)C2. The third kappa shape index (κ3) is 2.49. The summed E-state index contributed by atoms with van der Waals surface area (Å²) < 4.78 is 1.13. The Kier molecular flexibility index (Phi) is 4.07. The molecule has 0 aliphatic carbocycles. The molecule has 1 aromatic rings. The summed E-state index contributed by atoms with van der Waals surface area (Å²) in [6.07, 6.45) is 4.14. The van der Waals surface area contributed by atoms with E-state index in [1.165, 1.54) is 24.1 Å². The van der Waals surface area contributed by atoms with E-state index in [2.05, 4.69) is 51.3 Å². The zero-order valence-corrected chi connectivity index (χ0v) is 13.7. The van der Waals surface area contributed by atoms with Crippen LogP contribution in [0.2, 0.25) is 0 Å². The van der Waals surface area contributed by atoms with Crippen LogP contribution in [0.3, 0.4) is 0 Å². The molecule has 2 fully saturated rings. The second-order valence-electron chi connectivity index (χ2n) is 6.13. The van der Waals surface area contributed by atoms with E-state index in [1.807, 2.05) is 7.05 Å². The van der Waals surface area contributed by atoms with Crippen molar-refractivity contribution in [3.8, 4) is 0 Å². The van der Waals surface area contributed by atoms with E-state index in [9.17, 15) is 5.11 Å². The predicted molar refractivity (Wildman–Crippen MR) is 86.1 cm³/mol. The molecule has 0 saturated carbocycles. The molecule has 2 saturated heterocycles. The fourth-order valence-corrected chi connectivity index (χ4v) is 4.15. The topological polar surface area (TPSA) is 35.5 Å². The molecule has 0 spiro atoms. The third-order valence-corrected chi connectivity index (χ3v) is 5.37. The number of hydrogen-bond acceptors (Lipinski definition) is 3. The summed E-state index contributed by atoms with van der Waals surface area (Å²) in [5, 5.41) is 13.3. The standard InChI is InChI=1S/C16H23BrN2O/c1-10(18-2)15-6-3-11(17)7-16(15)19-12-4-5-13(19)9-14(20)8-12/h3,6-7,10,12-14,18,20H,4-5,8-9H2,1-2H3. The number of benzene rings is 1. The zero-order chi connectivity index (χ0) is 14.3. The molecule has 20 heavy (non-hydrogen) atoms. The highest BCUT2D eigenvalue weighted by Gasteiger charge is 2.41. The smallest absolute Gasteiger partial charge is 0.0579 e. The van der Waals surface area contributed by atoms with Gasteiger partial charge >= 0.3 is 0 Å². The van der Waals surface area contributed by atoms with Gasteiger partial charge in [-0.25, -0.2) is 0 Å². The van der Waals surface area contributed by atoms with Crippen LogP contribution in [0.4, 0.5) is 5.69 Å². The van der Waals surface area contributed by atoms with E-state index in [0.717, 1.165) is 17.3 Å². The molecule has 3 nitrogen and oxygen atoms in total. The minimum absolute atomic E-state index is 0.110. The van der Waals surface area contributed by atoms with Gasteiger partial charge in [0.25, 0.3) is 0 Å². The van der Waals surface area contributed by atoms with Gasteiger partial charge in [-0.1, -0.05) is 22.0 Å². The van der Waals surface area contributed by atoms with E-state index < -0.39 is 0 Å².